The van der Waals surface area contributed by atoms with Crippen molar-refractivity contribution in [2.45, 2.75) is 25.0 Å². The smallest absolute Gasteiger partial charge is 0.269 e. The van der Waals surface area contributed by atoms with Crippen LogP contribution in [0, 0.1) is 10.1 Å². The molecule has 0 aliphatic carbocycles. The number of aliphatic hydroxyl groups is 1. The SMILES string of the molecule is O=[N+]([O-])c1ccc(Cl)c(CNCC2(O)CCOCC2)c1. The zero-order chi connectivity index (χ0) is 14.6. The summed E-state index contributed by atoms with van der Waals surface area (Å²) in [6.07, 6.45) is 1.17. The van der Waals surface area contributed by atoms with E-state index in [1.165, 1.54) is 18.2 Å². The Labute approximate surface area is 121 Å². The lowest BCUT2D eigenvalue weighted by molar-refractivity contribution is -0.384. The molecule has 1 saturated heterocycles. The van der Waals surface area contributed by atoms with Gasteiger partial charge in [-0.2, -0.15) is 0 Å². The van der Waals surface area contributed by atoms with Crippen LogP contribution in [0.15, 0.2) is 18.2 Å². The molecule has 1 aliphatic heterocycles. The predicted octanol–water partition coefficient (Wildman–Crippen LogP) is 1.88. The summed E-state index contributed by atoms with van der Waals surface area (Å²) in [5, 5.41) is 24.6. The normalized spacial score (nSPS) is 17.9. The molecular weight excluding hydrogens is 284 g/mol. The molecule has 1 aromatic rings. The van der Waals surface area contributed by atoms with Gasteiger partial charge in [-0.3, -0.25) is 10.1 Å². The van der Waals surface area contributed by atoms with Gasteiger partial charge in [-0.15, -0.1) is 0 Å². The third-order valence-corrected chi connectivity index (χ3v) is 3.80. The Balaban J connectivity index is 1.93. The molecule has 0 unspecified atom stereocenters. The maximum atomic E-state index is 10.7. The summed E-state index contributed by atoms with van der Waals surface area (Å²) in [5.74, 6) is 0. The van der Waals surface area contributed by atoms with Gasteiger partial charge in [0.15, 0.2) is 0 Å². The highest BCUT2D eigenvalue weighted by molar-refractivity contribution is 6.31. The molecule has 0 saturated carbocycles. The summed E-state index contributed by atoms with van der Waals surface area (Å²) in [7, 11) is 0. The first-order valence-electron chi connectivity index (χ1n) is 6.44. The molecule has 2 rings (SSSR count). The van der Waals surface area contributed by atoms with Crippen molar-refractivity contribution in [2.24, 2.45) is 0 Å². The van der Waals surface area contributed by atoms with Crippen LogP contribution in [0.3, 0.4) is 0 Å². The highest BCUT2D eigenvalue weighted by Crippen LogP contribution is 2.23. The second-order valence-corrected chi connectivity index (χ2v) is 5.38. The van der Waals surface area contributed by atoms with E-state index in [0.717, 1.165) is 0 Å². The minimum atomic E-state index is -0.772. The van der Waals surface area contributed by atoms with Crippen molar-refractivity contribution >= 4 is 17.3 Å². The molecule has 1 aliphatic rings. The molecule has 0 amide bonds. The maximum Gasteiger partial charge on any atom is 0.269 e. The molecule has 0 bridgehead atoms. The molecule has 1 fully saturated rings. The van der Waals surface area contributed by atoms with Crippen molar-refractivity contribution in [2.75, 3.05) is 19.8 Å². The van der Waals surface area contributed by atoms with Crippen LogP contribution < -0.4 is 5.32 Å². The van der Waals surface area contributed by atoms with Crippen molar-refractivity contribution in [1.29, 1.82) is 0 Å². The van der Waals surface area contributed by atoms with Gasteiger partial charge in [0, 0.05) is 56.3 Å². The number of hydrogen-bond donors (Lipinski definition) is 2. The van der Waals surface area contributed by atoms with Gasteiger partial charge >= 0.3 is 0 Å². The average molecular weight is 301 g/mol. The Morgan fingerprint density at radius 1 is 1.45 bits per heavy atom. The lowest BCUT2D eigenvalue weighted by Gasteiger charge is -2.32. The number of nitrogens with one attached hydrogen (secondary N) is 1. The Bertz CT molecular complexity index is 489. The summed E-state index contributed by atoms with van der Waals surface area (Å²) < 4.78 is 5.21. The summed E-state index contributed by atoms with van der Waals surface area (Å²) in [6, 6.07) is 4.33. The van der Waals surface area contributed by atoms with Crippen molar-refractivity contribution in [3.8, 4) is 0 Å². The first-order valence-corrected chi connectivity index (χ1v) is 6.82. The third-order valence-electron chi connectivity index (χ3n) is 3.43. The van der Waals surface area contributed by atoms with Gasteiger partial charge in [0.2, 0.25) is 0 Å². The van der Waals surface area contributed by atoms with Crippen LogP contribution in [0.25, 0.3) is 0 Å². The summed E-state index contributed by atoms with van der Waals surface area (Å²) in [6.45, 7) is 1.89. The Kier molecular flexibility index (Phi) is 4.93. The molecule has 0 radical (unpaired) electrons. The molecular formula is C13H17ClN2O4. The number of non-ortho nitro benzene ring substituents is 1. The Hall–Kier alpha value is -1.21. The maximum absolute atomic E-state index is 10.7. The van der Waals surface area contributed by atoms with E-state index in [1.54, 1.807) is 0 Å². The monoisotopic (exact) mass is 300 g/mol. The lowest BCUT2D eigenvalue weighted by Crippen LogP contribution is -2.44. The van der Waals surface area contributed by atoms with Crippen LogP contribution in [0.5, 0.6) is 0 Å². The van der Waals surface area contributed by atoms with E-state index in [0.29, 0.717) is 49.7 Å². The second kappa shape index (κ2) is 6.49. The van der Waals surface area contributed by atoms with Crippen LogP contribution in [-0.4, -0.2) is 35.4 Å². The van der Waals surface area contributed by atoms with Gasteiger partial charge in [-0.05, 0) is 11.6 Å². The summed E-state index contributed by atoms with van der Waals surface area (Å²) in [5.41, 5.74) is -0.113. The van der Waals surface area contributed by atoms with Crippen LogP contribution in [0.4, 0.5) is 5.69 Å². The number of nitro groups is 1. The number of nitrogens with zero attached hydrogens (tertiary/aromatic N) is 1. The number of halogens is 1. The molecule has 1 heterocycles. The number of hydrogen-bond acceptors (Lipinski definition) is 5. The minimum absolute atomic E-state index is 0.0102. The second-order valence-electron chi connectivity index (χ2n) is 4.97. The molecule has 6 nitrogen and oxygen atoms in total. The van der Waals surface area contributed by atoms with Gasteiger partial charge in [0.1, 0.15) is 0 Å². The molecule has 0 spiro atoms. The van der Waals surface area contributed by atoms with Crippen molar-refractivity contribution in [3.63, 3.8) is 0 Å². The van der Waals surface area contributed by atoms with E-state index in [-0.39, 0.29) is 5.69 Å². The number of rotatable bonds is 5. The van der Waals surface area contributed by atoms with E-state index in [2.05, 4.69) is 5.32 Å². The van der Waals surface area contributed by atoms with Crippen molar-refractivity contribution in [3.05, 3.63) is 38.9 Å². The summed E-state index contributed by atoms with van der Waals surface area (Å²) in [4.78, 5) is 10.3. The summed E-state index contributed by atoms with van der Waals surface area (Å²) >= 11 is 6.01. The predicted molar refractivity (Wildman–Crippen MR) is 74.8 cm³/mol. The highest BCUT2D eigenvalue weighted by Gasteiger charge is 2.29. The van der Waals surface area contributed by atoms with Gasteiger partial charge in [-0.25, -0.2) is 0 Å². The van der Waals surface area contributed by atoms with E-state index in [4.69, 9.17) is 16.3 Å². The Morgan fingerprint density at radius 3 is 2.80 bits per heavy atom. The fourth-order valence-electron chi connectivity index (χ4n) is 2.17. The van der Waals surface area contributed by atoms with Crippen molar-refractivity contribution in [1.82, 2.24) is 5.32 Å². The van der Waals surface area contributed by atoms with Gasteiger partial charge < -0.3 is 15.2 Å². The van der Waals surface area contributed by atoms with Crippen LogP contribution in [-0.2, 0) is 11.3 Å². The van der Waals surface area contributed by atoms with Crippen LogP contribution in [0.1, 0.15) is 18.4 Å². The van der Waals surface area contributed by atoms with E-state index in [9.17, 15) is 15.2 Å². The quantitative estimate of drug-likeness (QED) is 0.640. The van der Waals surface area contributed by atoms with Crippen LogP contribution >= 0.6 is 11.6 Å². The fraction of sp³-hybridized carbons (Fsp3) is 0.538. The Morgan fingerprint density at radius 2 is 2.15 bits per heavy atom. The zero-order valence-electron chi connectivity index (χ0n) is 11.0. The minimum Gasteiger partial charge on any atom is -0.388 e. The third kappa shape index (κ3) is 3.89. The molecule has 110 valence electrons. The standard InChI is InChI=1S/C13H17ClN2O4/c14-12-2-1-11(16(18)19)7-10(12)8-15-9-13(17)3-5-20-6-4-13/h1-2,7,15,17H,3-6,8-9H2. The highest BCUT2D eigenvalue weighted by atomic mass is 35.5. The zero-order valence-corrected chi connectivity index (χ0v) is 11.7. The number of ether oxygens (including phenoxy) is 1. The molecule has 20 heavy (non-hydrogen) atoms. The van der Waals surface area contributed by atoms with E-state index >= 15 is 0 Å². The fourth-order valence-corrected chi connectivity index (χ4v) is 2.35. The van der Waals surface area contributed by atoms with Gasteiger partial charge in [0.05, 0.1) is 10.5 Å². The molecule has 0 atom stereocenters. The molecule has 7 heteroatoms. The number of benzene rings is 1. The lowest BCUT2D eigenvalue weighted by atomic mass is 9.94. The van der Waals surface area contributed by atoms with Gasteiger partial charge in [0.25, 0.3) is 5.69 Å². The number of nitro benzene ring substituents is 1. The molecule has 1 aromatic carbocycles. The molecule has 0 aromatic heterocycles. The average Bonchev–Trinajstić information content (AvgIpc) is 2.41. The molecule has 2 N–H and O–H groups in total. The first kappa shape index (κ1) is 15.2. The van der Waals surface area contributed by atoms with Crippen LogP contribution in [0.2, 0.25) is 5.02 Å². The van der Waals surface area contributed by atoms with Crippen molar-refractivity contribution < 1.29 is 14.8 Å². The van der Waals surface area contributed by atoms with E-state index < -0.39 is 10.5 Å². The topological polar surface area (TPSA) is 84.6 Å². The largest absolute Gasteiger partial charge is 0.388 e. The first-order chi connectivity index (χ1) is 9.50. The van der Waals surface area contributed by atoms with E-state index in [1.807, 2.05) is 0 Å². The van der Waals surface area contributed by atoms with Gasteiger partial charge in [-0.1, -0.05) is 11.6 Å².